The number of hydrogen-bond acceptors (Lipinski definition) is 1. The zero-order chi connectivity index (χ0) is 9.90. The summed E-state index contributed by atoms with van der Waals surface area (Å²) in [6.45, 7) is 4.16. The zero-order valence-electron chi connectivity index (χ0n) is 8.36. The minimum Gasteiger partial charge on any atom is -0.193 e. The van der Waals surface area contributed by atoms with E-state index in [9.17, 15) is 0 Å². The Morgan fingerprint density at radius 1 is 1.46 bits per heavy atom. The third-order valence-electron chi connectivity index (χ3n) is 2.99. The highest BCUT2D eigenvalue weighted by Gasteiger charge is 2.33. The fraction of sp³-hybridized carbons (Fsp3) is 0.727. The van der Waals surface area contributed by atoms with Crippen LogP contribution < -0.4 is 0 Å². The van der Waals surface area contributed by atoms with Crippen molar-refractivity contribution in [3.8, 4) is 6.07 Å². The lowest BCUT2D eigenvalue weighted by molar-refractivity contribution is 0.432. The van der Waals surface area contributed by atoms with Crippen molar-refractivity contribution < 1.29 is 0 Å². The van der Waals surface area contributed by atoms with E-state index in [2.05, 4.69) is 13.0 Å². The molecule has 1 aliphatic carbocycles. The van der Waals surface area contributed by atoms with Gasteiger partial charge in [-0.05, 0) is 19.3 Å². The van der Waals surface area contributed by atoms with Crippen molar-refractivity contribution >= 4 is 11.6 Å². The van der Waals surface area contributed by atoms with E-state index in [1.165, 1.54) is 12.8 Å². The maximum absolute atomic E-state index is 8.88. The maximum atomic E-state index is 8.88. The third kappa shape index (κ3) is 2.06. The van der Waals surface area contributed by atoms with Crippen LogP contribution in [-0.2, 0) is 0 Å². The average Bonchev–Trinajstić information content (AvgIpc) is 2.55. The molecule has 0 aromatic carbocycles. The second kappa shape index (κ2) is 4.15. The van der Waals surface area contributed by atoms with Crippen molar-refractivity contribution in [2.75, 3.05) is 0 Å². The Morgan fingerprint density at radius 3 is 2.38 bits per heavy atom. The predicted molar refractivity (Wildman–Crippen MR) is 55.4 cm³/mol. The lowest BCUT2D eigenvalue weighted by atomic mass is 9.86. The Kier molecular flexibility index (Phi) is 3.39. The lowest BCUT2D eigenvalue weighted by Crippen LogP contribution is -2.12. The summed E-state index contributed by atoms with van der Waals surface area (Å²) in [4.78, 5) is 0. The van der Waals surface area contributed by atoms with Crippen LogP contribution in [0.5, 0.6) is 0 Å². The van der Waals surface area contributed by atoms with Gasteiger partial charge in [-0.3, -0.25) is 0 Å². The van der Waals surface area contributed by atoms with Crippen molar-refractivity contribution in [2.45, 2.75) is 46.0 Å². The van der Waals surface area contributed by atoms with Crippen LogP contribution in [0, 0.1) is 16.7 Å². The molecule has 1 saturated carbocycles. The Labute approximate surface area is 85.4 Å². The van der Waals surface area contributed by atoms with Gasteiger partial charge in [-0.1, -0.05) is 38.3 Å². The van der Waals surface area contributed by atoms with Crippen molar-refractivity contribution in [2.24, 2.45) is 5.41 Å². The molecule has 72 valence electrons. The summed E-state index contributed by atoms with van der Waals surface area (Å²) in [5.74, 6) is 0. The number of allylic oxidation sites excluding steroid dienone is 2. The van der Waals surface area contributed by atoms with E-state index in [1.807, 2.05) is 6.92 Å². The Hall–Kier alpha value is -0.480. The van der Waals surface area contributed by atoms with Crippen molar-refractivity contribution in [3.05, 3.63) is 10.6 Å². The smallest absolute Gasteiger partial charge is 0.0959 e. The molecule has 0 aliphatic heterocycles. The molecular formula is C11H16ClN. The van der Waals surface area contributed by atoms with Crippen molar-refractivity contribution in [1.29, 1.82) is 5.26 Å². The van der Waals surface area contributed by atoms with Crippen LogP contribution in [0.15, 0.2) is 10.6 Å². The largest absolute Gasteiger partial charge is 0.193 e. The van der Waals surface area contributed by atoms with Crippen molar-refractivity contribution in [1.82, 2.24) is 0 Å². The van der Waals surface area contributed by atoms with Gasteiger partial charge < -0.3 is 0 Å². The van der Waals surface area contributed by atoms with Crippen LogP contribution in [-0.4, -0.2) is 0 Å². The molecule has 0 radical (unpaired) electrons. The van der Waals surface area contributed by atoms with Gasteiger partial charge in [0.1, 0.15) is 0 Å². The van der Waals surface area contributed by atoms with E-state index in [4.69, 9.17) is 16.9 Å². The highest BCUT2D eigenvalue weighted by molar-refractivity contribution is 6.30. The highest BCUT2D eigenvalue weighted by atomic mass is 35.5. The topological polar surface area (TPSA) is 23.8 Å². The normalized spacial score (nSPS) is 22.3. The molecule has 0 saturated heterocycles. The number of nitriles is 1. The van der Waals surface area contributed by atoms with E-state index < -0.39 is 0 Å². The Bertz CT molecular complexity index is 254. The molecule has 0 atom stereocenters. The first-order valence-electron chi connectivity index (χ1n) is 4.93. The van der Waals surface area contributed by atoms with E-state index in [-0.39, 0.29) is 5.41 Å². The standard InChI is InChI=1S/C11H16ClN/c1-3-9(8-13)10(12)11(2)6-4-5-7-11/h3-7H2,1-2H3/b10-9+. The minimum atomic E-state index is 0.0998. The molecule has 1 rings (SSSR count). The molecule has 0 unspecified atom stereocenters. The van der Waals surface area contributed by atoms with Gasteiger partial charge >= 0.3 is 0 Å². The molecule has 0 aromatic rings. The Morgan fingerprint density at radius 2 is 2.00 bits per heavy atom. The summed E-state index contributed by atoms with van der Waals surface area (Å²) in [6.07, 6.45) is 5.52. The van der Waals surface area contributed by atoms with E-state index >= 15 is 0 Å². The molecule has 2 heteroatoms. The summed E-state index contributed by atoms with van der Waals surface area (Å²) in [6, 6.07) is 2.20. The molecule has 0 amide bonds. The number of hydrogen-bond donors (Lipinski definition) is 0. The fourth-order valence-electron chi connectivity index (χ4n) is 2.02. The van der Waals surface area contributed by atoms with Crippen LogP contribution in [0.2, 0.25) is 0 Å². The second-order valence-corrected chi connectivity index (χ2v) is 4.40. The zero-order valence-corrected chi connectivity index (χ0v) is 9.12. The van der Waals surface area contributed by atoms with E-state index in [1.54, 1.807) is 0 Å². The summed E-state index contributed by atoms with van der Waals surface area (Å²) in [5.41, 5.74) is 0.869. The first-order valence-corrected chi connectivity index (χ1v) is 5.31. The van der Waals surface area contributed by atoms with E-state index in [0.717, 1.165) is 29.9 Å². The molecule has 1 nitrogen and oxygen atoms in total. The third-order valence-corrected chi connectivity index (χ3v) is 3.67. The molecule has 0 N–H and O–H groups in total. The molecule has 1 aliphatic rings. The summed E-state index contributed by atoms with van der Waals surface area (Å²) >= 11 is 6.25. The maximum Gasteiger partial charge on any atom is 0.0959 e. The lowest BCUT2D eigenvalue weighted by Gasteiger charge is -2.23. The van der Waals surface area contributed by atoms with Crippen LogP contribution in [0.25, 0.3) is 0 Å². The van der Waals surface area contributed by atoms with E-state index in [0.29, 0.717) is 0 Å². The van der Waals surface area contributed by atoms with Gasteiger partial charge in [0, 0.05) is 16.0 Å². The van der Waals surface area contributed by atoms with Gasteiger partial charge in [0.25, 0.3) is 0 Å². The number of rotatable bonds is 2. The average molecular weight is 198 g/mol. The second-order valence-electron chi connectivity index (χ2n) is 4.03. The van der Waals surface area contributed by atoms with Crippen LogP contribution in [0.3, 0.4) is 0 Å². The SMILES string of the molecule is CC/C(C#N)=C(\Cl)C1(C)CCCC1. The van der Waals surface area contributed by atoms with Crippen LogP contribution >= 0.6 is 11.6 Å². The number of nitrogens with zero attached hydrogens (tertiary/aromatic N) is 1. The van der Waals surface area contributed by atoms with Gasteiger partial charge in [0.15, 0.2) is 0 Å². The van der Waals surface area contributed by atoms with Gasteiger partial charge in [-0.15, -0.1) is 0 Å². The van der Waals surface area contributed by atoms with Crippen LogP contribution in [0.1, 0.15) is 46.0 Å². The molecule has 13 heavy (non-hydrogen) atoms. The van der Waals surface area contributed by atoms with Gasteiger partial charge in [0.05, 0.1) is 6.07 Å². The Balaban J connectivity index is 2.93. The highest BCUT2D eigenvalue weighted by Crippen LogP contribution is 2.46. The first kappa shape index (κ1) is 10.6. The molecule has 0 heterocycles. The van der Waals surface area contributed by atoms with Crippen molar-refractivity contribution in [3.63, 3.8) is 0 Å². The molecule has 1 fully saturated rings. The molecule has 0 bridgehead atoms. The fourth-order valence-corrected chi connectivity index (χ4v) is 2.39. The van der Waals surface area contributed by atoms with Gasteiger partial charge in [-0.25, -0.2) is 0 Å². The predicted octanol–water partition coefficient (Wildman–Crippen LogP) is 3.99. The summed E-state index contributed by atoms with van der Waals surface area (Å²) in [5, 5.41) is 9.69. The minimum absolute atomic E-state index is 0.0998. The molecular weight excluding hydrogens is 182 g/mol. The first-order chi connectivity index (χ1) is 6.14. The molecule has 0 spiro atoms. The summed E-state index contributed by atoms with van der Waals surface area (Å²) < 4.78 is 0. The van der Waals surface area contributed by atoms with Crippen LogP contribution in [0.4, 0.5) is 0 Å². The molecule has 0 aromatic heterocycles. The monoisotopic (exact) mass is 197 g/mol. The van der Waals surface area contributed by atoms with Gasteiger partial charge in [-0.2, -0.15) is 5.26 Å². The summed E-state index contributed by atoms with van der Waals surface area (Å²) in [7, 11) is 0. The van der Waals surface area contributed by atoms with Gasteiger partial charge in [0.2, 0.25) is 0 Å². The number of halogens is 1. The quantitative estimate of drug-likeness (QED) is 0.614.